The van der Waals surface area contributed by atoms with Crippen LogP contribution in [0, 0.1) is 6.92 Å². The third kappa shape index (κ3) is 2.29. The van der Waals surface area contributed by atoms with Crippen LogP contribution in [0.15, 0.2) is 30.5 Å². The number of halogens is 4. The second kappa shape index (κ2) is 4.07. The Morgan fingerprint density at radius 1 is 1.29 bits per heavy atom. The smallest absolute Gasteiger partial charge is 0.228 e. The monoisotopic (exact) mass is 260 g/mol. The second-order valence-electron chi connectivity index (χ2n) is 3.57. The molecule has 0 unspecified atom stereocenters. The van der Waals surface area contributed by atoms with E-state index in [-0.39, 0.29) is 11.3 Å². The molecule has 0 fully saturated rings. The number of hydrogen-bond acceptors (Lipinski definition) is 1. The van der Waals surface area contributed by atoms with Crippen LogP contribution in [0.3, 0.4) is 0 Å². The molecular formula is C11H8ClF3N2. The normalized spacial score (nSPS) is 11.8. The molecule has 0 amide bonds. The second-order valence-corrected chi connectivity index (χ2v) is 4.00. The fourth-order valence-electron chi connectivity index (χ4n) is 1.58. The van der Waals surface area contributed by atoms with Gasteiger partial charge in [-0.1, -0.05) is 17.7 Å². The predicted octanol–water partition coefficient (Wildman–Crippen LogP) is 3.85. The summed E-state index contributed by atoms with van der Waals surface area (Å²) in [5, 5.41) is 4.10. The fourth-order valence-corrected chi connectivity index (χ4v) is 1.76. The van der Waals surface area contributed by atoms with Crippen LogP contribution in [0.4, 0.5) is 13.2 Å². The number of hydrogen-bond donors (Lipinski definition) is 0. The van der Waals surface area contributed by atoms with Crippen molar-refractivity contribution in [1.82, 2.24) is 9.78 Å². The van der Waals surface area contributed by atoms with Gasteiger partial charge in [0.05, 0.1) is 11.9 Å². The van der Waals surface area contributed by atoms with Crippen LogP contribution in [0.25, 0.3) is 5.69 Å². The van der Waals surface area contributed by atoms with Crippen LogP contribution in [0.1, 0.15) is 11.3 Å². The van der Waals surface area contributed by atoms with E-state index in [0.29, 0.717) is 5.02 Å². The summed E-state index contributed by atoms with van der Waals surface area (Å²) in [7, 11) is 0. The highest BCUT2D eigenvalue weighted by molar-refractivity contribution is 6.30. The number of aromatic nitrogens is 2. The van der Waals surface area contributed by atoms with E-state index >= 15 is 0 Å². The lowest BCUT2D eigenvalue weighted by atomic mass is 10.2. The van der Waals surface area contributed by atoms with Crippen molar-refractivity contribution in [3.63, 3.8) is 0 Å². The van der Waals surface area contributed by atoms with Crippen molar-refractivity contribution in [2.24, 2.45) is 0 Å². The topological polar surface area (TPSA) is 17.8 Å². The van der Waals surface area contributed by atoms with Gasteiger partial charge in [0.15, 0.2) is 5.69 Å². The number of rotatable bonds is 1. The third-order valence-electron chi connectivity index (χ3n) is 2.27. The fraction of sp³-hybridized carbons (Fsp3) is 0.182. The molecule has 90 valence electrons. The maximum Gasteiger partial charge on any atom is 0.433 e. The Labute approximate surface area is 101 Å². The first-order valence-corrected chi connectivity index (χ1v) is 5.15. The Morgan fingerprint density at radius 2 is 2.00 bits per heavy atom. The summed E-state index contributed by atoms with van der Waals surface area (Å²) in [6, 6.07) is 6.13. The lowest BCUT2D eigenvalue weighted by molar-refractivity contribution is -0.143. The van der Waals surface area contributed by atoms with Gasteiger partial charge in [0.1, 0.15) is 0 Å². The zero-order valence-corrected chi connectivity index (χ0v) is 9.55. The molecule has 0 saturated carbocycles. The van der Waals surface area contributed by atoms with Crippen LogP contribution in [0.2, 0.25) is 5.02 Å². The van der Waals surface area contributed by atoms with Crippen LogP contribution in [-0.2, 0) is 6.18 Å². The Hall–Kier alpha value is -1.49. The Morgan fingerprint density at radius 3 is 2.59 bits per heavy atom. The van der Waals surface area contributed by atoms with Crippen LogP contribution >= 0.6 is 11.6 Å². The highest BCUT2D eigenvalue weighted by Gasteiger charge is 2.37. The van der Waals surface area contributed by atoms with Crippen LogP contribution in [0.5, 0.6) is 0 Å². The van der Waals surface area contributed by atoms with Gasteiger partial charge in [-0.05, 0) is 30.7 Å². The SMILES string of the molecule is Cc1cnn(-c2cccc(Cl)c2)c1C(F)(F)F. The standard InChI is InChI=1S/C11H8ClF3N2/c1-7-6-16-17(10(7)11(13,14)15)9-4-2-3-8(12)5-9/h2-6H,1H3. The summed E-state index contributed by atoms with van der Waals surface area (Å²) >= 11 is 5.75. The third-order valence-corrected chi connectivity index (χ3v) is 2.51. The van der Waals surface area contributed by atoms with Gasteiger partial charge in [-0.2, -0.15) is 18.3 Å². The van der Waals surface area contributed by atoms with Crippen LogP contribution in [-0.4, -0.2) is 9.78 Å². The molecule has 0 aliphatic heterocycles. The maximum absolute atomic E-state index is 12.8. The molecule has 0 bridgehead atoms. The molecule has 1 heterocycles. The quantitative estimate of drug-likeness (QED) is 0.761. The summed E-state index contributed by atoms with van der Waals surface area (Å²) in [4.78, 5) is 0. The van der Waals surface area contributed by atoms with Crippen molar-refractivity contribution in [1.29, 1.82) is 0 Å². The van der Waals surface area contributed by atoms with Gasteiger partial charge in [0.2, 0.25) is 0 Å². The first-order chi connectivity index (χ1) is 7.89. The molecule has 0 N–H and O–H groups in total. The van der Waals surface area contributed by atoms with E-state index in [9.17, 15) is 13.2 Å². The molecular weight excluding hydrogens is 253 g/mol. The average Bonchev–Trinajstić information content (AvgIpc) is 2.59. The number of aryl methyl sites for hydroxylation is 1. The van der Waals surface area contributed by atoms with Gasteiger partial charge in [0, 0.05) is 5.02 Å². The first-order valence-electron chi connectivity index (χ1n) is 4.77. The van der Waals surface area contributed by atoms with Gasteiger partial charge in [-0.15, -0.1) is 0 Å². The Bertz CT molecular complexity index is 546. The zero-order valence-electron chi connectivity index (χ0n) is 8.79. The minimum atomic E-state index is -4.44. The molecule has 2 rings (SSSR count). The zero-order chi connectivity index (χ0) is 12.6. The highest BCUT2D eigenvalue weighted by Crippen LogP contribution is 2.33. The molecule has 0 saturated heterocycles. The largest absolute Gasteiger partial charge is 0.433 e. The van der Waals surface area contributed by atoms with Gasteiger partial charge in [-0.3, -0.25) is 0 Å². The van der Waals surface area contributed by atoms with Crippen molar-refractivity contribution in [3.05, 3.63) is 46.7 Å². The van der Waals surface area contributed by atoms with E-state index in [1.54, 1.807) is 12.1 Å². The van der Waals surface area contributed by atoms with E-state index in [1.807, 2.05) is 0 Å². The average molecular weight is 261 g/mol. The minimum Gasteiger partial charge on any atom is -0.228 e. The van der Waals surface area contributed by atoms with Crippen molar-refractivity contribution in [2.75, 3.05) is 0 Å². The Kier molecular flexibility index (Phi) is 2.87. The van der Waals surface area contributed by atoms with Crippen LogP contribution < -0.4 is 0 Å². The lowest BCUT2D eigenvalue weighted by Crippen LogP contribution is -2.14. The molecule has 0 spiro atoms. The first kappa shape index (κ1) is 12.0. The highest BCUT2D eigenvalue weighted by atomic mass is 35.5. The lowest BCUT2D eigenvalue weighted by Gasteiger charge is -2.11. The molecule has 2 nitrogen and oxygen atoms in total. The molecule has 0 atom stereocenters. The molecule has 1 aromatic carbocycles. The van der Waals surface area contributed by atoms with Crippen molar-refractivity contribution in [2.45, 2.75) is 13.1 Å². The van der Waals surface area contributed by atoms with Gasteiger partial charge >= 0.3 is 6.18 Å². The number of alkyl halides is 3. The molecule has 2 aromatic rings. The number of nitrogens with zero attached hydrogens (tertiary/aromatic N) is 2. The predicted molar refractivity (Wildman–Crippen MR) is 58.3 cm³/mol. The van der Waals surface area contributed by atoms with Crippen molar-refractivity contribution in [3.8, 4) is 5.69 Å². The molecule has 6 heteroatoms. The molecule has 0 aliphatic rings. The molecule has 0 radical (unpaired) electrons. The van der Waals surface area contributed by atoms with E-state index in [2.05, 4.69) is 5.10 Å². The summed E-state index contributed by atoms with van der Waals surface area (Å²) < 4.78 is 39.4. The van der Waals surface area contributed by atoms with E-state index in [4.69, 9.17) is 11.6 Å². The summed E-state index contributed by atoms with van der Waals surface area (Å²) in [6.45, 7) is 1.37. The van der Waals surface area contributed by atoms with Gasteiger partial charge < -0.3 is 0 Å². The molecule has 17 heavy (non-hydrogen) atoms. The van der Waals surface area contributed by atoms with Gasteiger partial charge in [0.25, 0.3) is 0 Å². The summed E-state index contributed by atoms with van der Waals surface area (Å²) in [5.74, 6) is 0. The summed E-state index contributed by atoms with van der Waals surface area (Å²) in [6.07, 6.45) is -3.26. The van der Waals surface area contributed by atoms with E-state index < -0.39 is 11.9 Å². The van der Waals surface area contributed by atoms with Crippen molar-refractivity contribution >= 4 is 11.6 Å². The van der Waals surface area contributed by atoms with E-state index in [1.165, 1.54) is 25.3 Å². The minimum absolute atomic E-state index is 0.0810. The maximum atomic E-state index is 12.8. The van der Waals surface area contributed by atoms with E-state index in [0.717, 1.165) is 4.68 Å². The van der Waals surface area contributed by atoms with Gasteiger partial charge in [-0.25, -0.2) is 4.68 Å². The van der Waals surface area contributed by atoms with Crippen molar-refractivity contribution < 1.29 is 13.2 Å². The Balaban J connectivity index is 2.61. The summed E-state index contributed by atoms with van der Waals surface area (Å²) in [5.41, 5.74) is -0.407. The molecule has 0 aliphatic carbocycles. The molecule has 1 aromatic heterocycles. The number of benzene rings is 1.